The van der Waals surface area contributed by atoms with Gasteiger partial charge in [0.1, 0.15) is 5.60 Å². The second-order valence-corrected chi connectivity index (χ2v) is 8.26. The zero-order valence-corrected chi connectivity index (χ0v) is 17.7. The number of hydrogen-bond donors (Lipinski definition) is 0. The maximum atomic E-state index is 11.9. The van der Waals surface area contributed by atoms with Crippen molar-refractivity contribution in [3.05, 3.63) is 70.7 Å². The first-order valence-electron chi connectivity index (χ1n) is 9.81. The van der Waals surface area contributed by atoms with E-state index in [0.29, 0.717) is 12.0 Å². The first-order chi connectivity index (χ1) is 13.1. The minimum absolute atomic E-state index is 0. The van der Waals surface area contributed by atoms with E-state index < -0.39 is 5.60 Å². The van der Waals surface area contributed by atoms with Gasteiger partial charge >= 0.3 is 5.97 Å². The van der Waals surface area contributed by atoms with Gasteiger partial charge in [-0.25, -0.2) is 0 Å². The molecule has 0 unspecified atom stereocenters. The monoisotopic (exact) mass is 419 g/mol. The van der Waals surface area contributed by atoms with Crippen molar-refractivity contribution < 1.29 is 9.53 Å². The normalized spacial score (nSPS) is 27.4. The highest BCUT2D eigenvalue weighted by molar-refractivity contribution is 6.31. The molecule has 0 N–H and O–H groups in total. The average Bonchev–Trinajstić information content (AvgIpc) is 2.68. The van der Waals surface area contributed by atoms with Gasteiger partial charge in [0.15, 0.2) is 0 Å². The van der Waals surface area contributed by atoms with Gasteiger partial charge in [0, 0.05) is 43.9 Å². The first-order valence-corrected chi connectivity index (χ1v) is 10.2. The number of benzene rings is 2. The lowest BCUT2D eigenvalue weighted by atomic mass is 9.75. The van der Waals surface area contributed by atoms with Crippen LogP contribution in [0.2, 0.25) is 5.02 Å². The fourth-order valence-corrected chi connectivity index (χ4v) is 5.19. The lowest BCUT2D eigenvalue weighted by Gasteiger charge is -2.49. The number of halogens is 2. The van der Waals surface area contributed by atoms with Crippen LogP contribution in [0.25, 0.3) is 0 Å². The lowest BCUT2D eigenvalue weighted by molar-refractivity contribution is -0.168. The van der Waals surface area contributed by atoms with Gasteiger partial charge in [-0.3, -0.25) is 9.69 Å². The molecule has 2 aliphatic heterocycles. The van der Waals surface area contributed by atoms with Crippen LogP contribution in [0.1, 0.15) is 49.7 Å². The summed E-state index contributed by atoms with van der Waals surface area (Å²) < 4.78 is 5.96. The average molecular weight is 420 g/mol. The Hall–Kier alpha value is -1.55. The maximum Gasteiger partial charge on any atom is 0.303 e. The number of rotatable bonds is 3. The molecule has 28 heavy (non-hydrogen) atoms. The van der Waals surface area contributed by atoms with E-state index in [4.69, 9.17) is 16.3 Å². The van der Waals surface area contributed by atoms with Crippen molar-refractivity contribution in [1.82, 2.24) is 4.90 Å². The van der Waals surface area contributed by atoms with Crippen molar-refractivity contribution in [3.63, 3.8) is 0 Å². The fraction of sp³-hybridized carbons (Fsp3) is 0.435. The van der Waals surface area contributed by atoms with Crippen molar-refractivity contribution in [2.24, 2.45) is 0 Å². The van der Waals surface area contributed by atoms with Crippen LogP contribution in [0.4, 0.5) is 0 Å². The summed E-state index contributed by atoms with van der Waals surface area (Å²) in [6, 6.07) is 18.9. The quantitative estimate of drug-likeness (QED) is 0.609. The molecule has 2 saturated heterocycles. The smallest absolute Gasteiger partial charge is 0.303 e. The maximum absolute atomic E-state index is 11.9. The van der Waals surface area contributed by atoms with Crippen molar-refractivity contribution in [2.75, 3.05) is 13.1 Å². The highest BCUT2D eigenvalue weighted by Crippen LogP contribution is 2.44. The van der Waals surface area contributed by atoms with E-state index in [1.165, 1.54) is 12.5 Å². The van der Waals surface area contributed by atoms with Crippen molar-refractivity contribution >= 4 is 30.0 Å². The Morgan fingerprint density at radius 3 is 2.54 bits per heavy atom. The van der Waals surface area contributed by atoms with E-state index in [9.17, 15) is 4.79 Å². The zero-order valence-electron chi connectivity index (χ0n) is 16.1. The van der Waals surface area contributed by atoms with Crippen LogP contribution < -0.4 is 0 Å². The van der Waals surface area contributed by atoms with E-state index in [1.807, 2.05) is 30.3 Å². The van der Waals surface area contributed by atoms with Crippen LogP contribution in [0, 0.1) is 0 Å². The Kier molecular flexibility index (Phi) is 6.69. The van der Waals surface area contributed by atoms with Crippen LogP contribution in [0.15, 0.2) is 54.6 Å². The number of carbonyl (C=O) groups excluding carboxylic acids is 1. The minimum atomic E-state index is -0.495. The number of ether oxygens (including phenoxy) is 1. The summed E-state index contributed by atoms with van der Waals surface area (Å²) in [7, 11) is 0. The molecule has 0 aliphatic carbocycles. The van der Waals surface area contributed by atoms with E-state index in [1.54, 1.807) is 0 Å². The Bertz CT molecular complexity index is 813. The summed E-state index contributed by atoms with van der Waals surface area (Å²) in [5.74, 6) is 0.282. The third-order valence-electron chi connectivity index (χ3n) is 6.17. The van der Waals surface area contributed by atoms with Crippen molar-refractivity contribution in [3.8, 4) is 0 Å². The molecule has 2 aromatic rings. The Morgan fingerprint density at radius 2 is 1.82 bits per heavy atom. The van der Waals surface area contributed by atoms with Gasteiger partial charge in [-0.15, -0.1) is 12.4 Å². The number of hydrogen-bond acceptors (Lipinski definition) is 3. The summed E-state index contributed by atoms with van der Waals surface area (Å²) in [5, 5.41) is 0.872. The minimum Gasteiger partial charge on any atom is -0.454 e. The summed E-state index contributed by atoms with van der Waals surface area (Å²) in [4.78, 5) is 14.4. The third-order valence-corrected chi connectivity index (χ3v) is 6.52. The van der Waals surface area contributed by atoms with Crippen molar-refractivity contribution in [1.29, 1.82) is 0 Å². The summed E-state index contributed by atoms with van der Waals surface area (Å²) in [6.07, 6.45) is 3.93. The number of carbonyl (C=O) groups is 1. The molecule has 3 nitrogen and oxygen atoms in total. The largest absolute Gasteiger partial charge is 0.454 e. The SMILES string of the molecule is CC(=O)O[C@@]1(c2ccccc2)CCN2C[C@@H](c3ccccc3Cl)CC[C@@H]2C1.Cl. The van der Waals surface area contributed by atoms with Gasteiger partial charge in [0.2, 0.25) is 0 Å². The van der Waals surface area contributed by atoms with Gasteiger partial charge in [-0.2, -0.15) is 0 Å². The number of nitrogens with zero attached hydrogens (tertiary/aromatic N) is 1. The van der Waals surface area contributed by atoms with Gasteiger partial charge in [-0.1, -0.05) is 60.1 Å². The standard InChI is InChI=1S/C23H26ClNO2.ClH/c1-17(26)27-23(19-7-3-2-4-8-19)13-14-25-16-18(11-12-20(25)15-23)21-9-5-6-10-22(21)24;/h2-10,18,20H,11-16H2,1H3;1H/t18-,20+,23-;/m0./s1. The fourth-order valence-electron chi connectivity index (χ4n) is 4.90. The molecule has 150 valence electrons. The highest BCUT2D eigenvalue weighted by atomic mass is 35.5. The second kappa shape index (κ2) is 8.86. The van der Waals surface area contributed by atoms with E-state index in [-0.39, 0.29) is 18.4 Å². The van der Waals surface area contributed by atoms with Crippen LogP contribution in [0.5, 0.6) is 0 Å². The van der Waals surface area contributed by atoms with Crippen LogP contribution in [-0.4, -0.2) is 30.0 Å². The highest BCUT2D eigenvalue weighted by Gasteiger charge is 2.45. The van der Waals surface area contributed by atoms with Gasteiger partial charge in [0.05, 0.1) is 0 Å². The molecule has 4 rings (SSSR count). The van der Waals surface area contributed by atoms with E-state index in [2.05, 4.69) is 29.2 Å². The summed E-state index contributed by atoms with van der Waals surface area (Å²) >= 11 is 6.44. The Balaban J connectivity index is 0.00000225. The predicted molar refractivity (Wildman–Crippen MR) is 115 cm³/mol. The molecule has 0 aromatic heterocycles. The first kappa shape index (κ1) is 21.2. The molecule has 3 atom stereocenters. The van der Waals surface area contributed by atoms with Crippen LogP contribution >= 0.6 is 24.0 Å². The molecular formula is C23H27Cl2NO2. The number of esters is 1. The number of fused-ring (bicyclic) bond motifs is 1. The van der Waals surface area contributed by atoms with Gasteiger partial charge in [-0.05, 0) is 36.0 Å². The zero-order chi connectivity index (χ0) is 18.9. The molecule has 5 heteroatoms. The molecule has 0 spiro atoms. The Labute approximate surface area is 178 Å². The van der Waals surface area contributed by atoms with Gasteiger partial charge in [0.25, 0.3) is 0 Å². The lowest BCUT2D eigenvalue weighted by Crippen LogP contribution is -2.53. The van der Waals surface area contributed by atoms with Crippen LogP contribution in [-0.2, 0) is 15.1 Å². The number of piperidine rings is 2. The molecule has 2 aliphatic rings. The molecule has 2 heterocycles. The van der Waals surface area contributed by atoms with Crippen LogP contribution in [0.3, 0.4) is 0 Å². The molecule has 0 amide bonds. The second-order valence-electron chi connectivity index (χ2n) is 7.85. The van der Waals surface area contributed by atoms with Crippen molar-refractivity contribution in [2.45, 2.75) is 50.2 Å². The summed E-state index contributed by atoms with van der Waals surface area (Å²) in [6.45, 7) is 3.48. The molecule has 2 fully saturated rings. The summed E-state index contributed by atoms with van der Waals surface area (Å²) in [5.41, 5.74) is 1.89. The third kappa shape index (κ3) is 4.22. The molecule has 0 bridgehead atoms. The predicted octanol–water partition coefficient (Wildman–Crippen LogP) is 5.56. The van der Waals surface area contributed by atoms with Gasteiger partial charge < -0.3 is 4.74 Å². The topological polar surface area (TPSA) is 29.5 Å². The molecular weight excluding hydrogens is 393 g/mol. The molecule has 2 aromatic carbocycles. The Morgan fingerprint density at radius 1 is 1.11 bits per heavy atom. The molecule has 0 saturated carbocycles. The molecule has 0 radical (unpaired) electrons. The van der Waals surface area contributed by atoms with E-state index >= 15 is 0 Å². The van der Waals surface area contributed by atoms with E-state index in [0.717, 1.165) is 49.4 Å².